The molecule has 0 saturated carbocycles. The molecule has 1 saturated heterocycles. The highest BCUT2D eigenvalue weighted by atomic mass is 19.3. The lowest BCUT2D eigenvalue weighted by atomic mass is 10.1. The summed E-state index contributed by atoms with van der Waals surface area (Å²) in [6.45, 7) is 6.60. The zero-order chi connectivity index (χ0) is 21.5. The van der Waals surface area contributed by atoms with E-state index < -0.39 is 6.61 Å². The minimum absolute atomic E-state index is 0.0817. The second kappa shape index (κ2) is 10.2. The Labute approximate surface area is 175 Å². The predicted octanol–water partition coefficient (Wildman–Crippen LogP) is 4.39. The van der Waals surface area contributed by atoms with Gasteiger partial charge in [-0.2, -0.15) is 8.78 Å². The van der Waals surface area contributed by atoms with Crippen molar-refractivity contribution in [2.24, 2.45) is 0 Å². The van der Waals surface area contributed by atoms with E-state index in [9.17, 15) is 13.6 Å². The number of rotatable bonds is 7. The topological polar surface area (TPSA) is 44.8 Å². The molecule has 1 N–H and O–H groups in total. The molecule has 3 rings (SSSR count). The lowest BCUT2D eigenvalue weighted by molar-refractivity contribution is -0.111. The van der Waals surface area contributed by atoms with Gasteiger partial charge in [0.25, 0.3) is 0 Å². The fourth-order valence-corrected chi connectivity index (χ4v) is 3.51. The van der Waals surface area contributed by atoms with Crippen molar-refractivity contribution in [3.05, 3.63) is 59.7 Å². The average molecular weight is 415 g/mol. The molecule has 0 spiro atoms. The molecule has 0 unspecified atom stereocenters. The van der Waals surface area contributed by atoms with Crippen LogP contribution in [0.3, 0.4) is 0 Å². The quantitative estimate of drug-likeness (QED) is 0.682. The van der Waals surface area contributed by atoms with Crippen LogP contribution in [0.2, 0.25) is 0 Å². The number of carbonyl (C=O) groups is 1. The summed E-state index contributed by atoms with van der Waals surface area (Å²) in [6.07, 6.45) is 3.03. The second-order valence-electron chi connectivity index (χ2n) is 7.19. The number of hydrogen-bond donors (Lipinski definition) is 1. The zero-order valence-corrected chi connectivity index (χ0v) is 17.3. The molecule has 0 aromatic heterocycles. The van der Waals surface area contributed by atoms with E-state index in [-0.39, 0.29) is 11.7 Å². The van der Waals surface area contributed by atoms with E-state index in [0.29, 0.717) is 5.56 Å². The third-order valence-corrected chi connectivity index (χ3v) is 5.16. The molecular weight excluding hydrogens is 388 g/mol. The fourth-order valence-electron chi connectivity index (χ4n) is 3.51. The Morgan fingerprint density at radius 2 is 1.83 bits per heavy atom. The van der Waals surface area contributed by atoms with Gasteiger partial charge in [0.2, 0.25) is 5.91 Å². The number of ether oxygens (including phenoxy) is 1. The van der Waals surface area contributed by atoms with Crippen LogP contribution in [-0.2, 0) is 4.79 Å². The maximum atomic E-state index is 12.2. The summed E-state index contributed by atoms with van der Waals surface area (Å²) in [5.41, 5.74) is 3.77. The van der Waals surface area contributed by atoms with Crippen molar-refractivity contribution >= 4 is 23.4 Å². The number of hydrogen-bond acceptors (Lipinski definition) is 4. The average Bonchev–Trinajstić information content (AvgIpc) is 2.73. The zero-order valence-electron chi connectivity index (χ0n) is 17.3. The first-order valence-corrected chi connectivity index (χ1v) is 10.1. The number of nitrogens with one attached hydrogen (secondary N) is 1. The van der Waals surface area contributed by atoms with E-state index in [4.69, 9.17) is 0 Å². The van der Waals surface area contributed by atoms with Gasteiger partial charge in [0, 0.05) is 43.6 Å². The molecule has 1 heterocycles. The van der Waals surface area contributed by atoms with Crippen LogP contribution < -0.4 is 15.0 Å². The van der Waals surface area contributed by atoms with Gasteiger partial charge in [-0.15, -0.1) is 0 Å². The van der Waals surface area contributed by atoms with Gasteiger partial charge in [-0.25, -0.2) is 0 Å². The molecule has 0 bridgehead atoms. The molecule has 160 valence electrons. The largest absolute Gasteiger partial charge is 0.435 e. The minimum atomic E-state index is -2.85. The molecule has 1 aliphatic rings. The monoisotopic (exact) mass is 415 g/mol. The number of benzene rings is 2. The number of likely N-dealkylation sites (N-methyl/N-ethyl adjacent to an activating group) is 1. The van der Waals surface area contributed by atoms with Crippen LogP contribution in [0.1, 0.15) is 18.1 Å². The Morgan fingerprint density at radius 1 is 1.13 bits per heavy atom. The number of amides is 1. The maximum absolute atomic E-state index is 12.2. The molecule has 0 aliphatic carbocycles. The molecule has 1 aliphatic heterocycles. The van der Waals surface area contributed by atoms with E-state index in [1.54, 1.807) is 18.2 Å². The van der Waals surface area contributed by atoms with Crippen LogP contribution >= 0.6 is 0 Å². The number of anilines is 2. The van der Waals surface area contributed by atoms with Crippen molar-refractivity contribution in [3.63, 3.8) is 0 Å². The number of nitrogens with zero attached hydrogens (tertiary/aromatic N) is 2. The smallest absolute Gasteiger partial charge is 0.387 e. The van der Waals surface area contributed by atoms with Gasteiger partial charge in [0.15, 0.2) is 0 Å². The van der Waals surface area contributed by atoms with E-state index in [1.807, 2.05) is 12.1 Å². The first-order chi connectivity index (χ1) is 14.4. The fraction of sp³-hybridized carbons (Fsp3) is 0.348. The van der Waals surface area contributed by atoms with Crippen LogP contribution in [0, 0.1) is 6.92 Å². The van der Waals surface area contributed by atoms with Crippen molar-refractivity contribution in [3.8, 4) is 5.75 Å². The molecule has 2 aromatic carbocycles. The molecule has 0 atom stereocenters. The molecule has 2 aromatic rings. The van der Waals surface area contributed by atoms with Crippen LogP contribution in [0.25, 0.3) is 6.08 Å². The summed E-state index contributed by atoms with van der Waals surface area (Å²) in [6, 6.07) is 12.0. The van der Waals surface area contributed by atoms with Gasteiger partial charge in [-0.3, -0.25) is 4.79 Å². The lowest BCUT2D eigenvalue weighted by Gasteiger charge is -2.36. The Kier molecular flexibility index (Phi) is 7.41. The Morgan fingerprint density at radius 3 is 2.43 bits per heavy atom. The first-order valence-electron chi connectivity index (χ1n) is 10.1. The van der Waals surface area contributed by atoms with Crippen LogP contribution in [0.4, 0.5) is 20.2 Å². The molecule has 1 fully saturated rings. The molecule has 1 amide bonds. The number of aryl methyl sites for hydroxylation is 1. The van der Waals surface area contributed by atoms with E-state index in [1.165, 1.54) is 23.9 Å². The molecule has 30 heavy (non-hydrogen) atoms. The standard InChI is InChI=1S/C23H27F2N3O2/c1-3-27-12-14-28(15-13-27)21-10-7-19(16-17(21)2)26-22(29)11-6-18-4-8-20(9-5-18)30-23(24)25/h4-11,16,23H,3,12-15H2,1-2H3,(H,26,29). The third-order valence-electron chi connectivity index (χ3n) is 5.16. The van der Waals surface area contributed by atoms with Gasteiger partial charge in [0.1, 0.15) is 5.75 Å². The van der Waals surface area contributed by atoms with Crippen molar-refractivity contribution in [2.75, 3.05) is 42.9 Å². The Bertz CT molecular complexity index is 877. The predicted molar refractivity (Wildman–Crippen MR) is 116 cm³/mol. The number of piperazine rings is 1. The van der Waals surface area contributed by atoms with E-state index >= 15 is 0 Å². The van der Waals surface area contributed by atoms with Gasteiger partial charge in [-0.1, -0.05) is 19.1 Å². The second-order valence-corrected chi connectivity index (χ2v) is 7.19. The number of carbonyl (C=O) groups excluding carboxylic acids is 1. The van der Waals surface area contributed by atoms with Gasteiger partial charge in [-0.05, 0) is 61.0 Å². The van der Waals surface area contributed by atoms with Crippen LogP contribution in [0.5, 0.6) is 5.75 Å². The molecule has 7 heteroatoms. The van der Waals surface area contributed by atoms with Crippen molar-refractivity contribution < 1.29 is 18.3 Å². The Balaban J connectivity index is 1.56. The molecule has 5 nitrogen and oxygen atoms in total. The van der Waals surface area contributed by atoms with Gasteiger partial charge >= 0.3 is 6.61 Å². The van der Waals surface area contributed by atoms with E-state index in [0.717, 1.165) is 44.0 Å². The normalized spacial score (nSPS) is 15.0. The van der Waals surface area contributed by atoms with Gasteiger partial charge in [0.05, 0.1) is 0 Å². The minimum Gasteiger partial charge on any atom is -0.435 e. The lowest BCUT2D eigenvalue weighted by Crippen LogP contribution is -2.46. The van der Waals surface area contributed by atoms with Crippen molar-refractivity contribution in [1.29, 1.82) is 0 Å². The van der Waals surface area contributed by atoms with Crippen molar-refractivity contribution in [1.82, 2.24) is 4.90 Å². The summed E-state index contributed by atoms with van der Waals surface area (Å²) in [5, 5.41) is 2.86. The van der Waals surface area contributed by atoms with Gasteiger partial charge < -0.3 is 19.9 Å². The summed E-state index contributed by atoms with van der Waals surface area (Å²) in [5.74, 6) is -0.176. The molecule has 0 radical (unpaired) electrons. The highest BCUT2D eigenvalue weighted by molar-refractivity contribution is 6.02. The Hall–Kier alpha value is -2.93. The third kappa shape index (κ3) is 6.03. The van der Waals surface area contributed by atoms with E-state index in [2.05, 4.69) is 39.8 Å². The highest BCUT2D eigenvalue weighted by Gasteiger charge is 2.17. The first kappa shape index (κ1) is 21.8. The highest BCUT2D eigenvalue weighted by Crippen LogP contribution is 2.25. The summed E-state index contributed by atoms with van der Waals surface area (Å²) in [7, 11) is 0. The maximum Gasteiger partial charge on any atom is 0.387 e. The van der Waals surface area contributed by atoms with Crippen molar-refractivity contribution in [2.45, 2.75) is 20.5 Å². The number of alkyl halides is 2. The summed E-state index contributed by atoms with van der Waals surface area (Å²) in [4.78, 5) is 17.0. The summed E-state index contributed by atoms with van der Waals surface area (Å²) >= 11 is 0. The molecular formula is C23H27F2N3O2. The number of halogens is 2. The SMILES string of the molecule is CCN1CCN(c2ccc(NC(=O)C=Cc3ccc(OC(F)F)cc3)cc2C)CC1. The van der Waals surface area contributed by atoms with Crippen LogP contribution in [-0.4, -0.2) is 50.1 Å². The summed E-state index contributed by atoms with van der Waals surface area (Å²) < 4.78 is 28.7. The van der Waals surface area contributed by atoms with Crippen LogP contribution in [0.15, 0.2) is 48.5 Å².